The van der Waals surface area contributed by atoms with E-state index in [1.54, 1.807) is 12.1 Å². The molecule has 0 fully saturated rings. The Morgan fingerprint density at radius 3 is 1.92 bits per heavy atom. The van der Waals surface area contributed by atoms with Crippen molar-refractivity contribution in [3.05, 3.63) is 29.3 Å². The molecular weight excluding hydrogens is 197 g/mol. The molecule has 13 heavy (non-hydrogen) atoms. The van der Waals surface area contributed by atoms with E-state index in [-0.39, 0.29) is 29.6 Å². The number of aryl methyl sites for hydroxylation is 2. The van der Waals surface area contributed by atoms with Gasteiger partial charge in [-0.2, -0.15) is 0 Å². The smallest absolute Gasteiger partial charge is 0.222 e. The molecule has 1 rings (SSSR count). The van der Waals surface area contributed by atoms with Gasteiger partial charge in [-0.1, -0.05) is 6.07 Å². The van der Waals surface area contributed by atoms with E-state index in [1.165, 1.54) is 0 Å². The predicted octanol–water partition coefficient (Wildman–Crippen LogP) is 0.861. The maximum Gasteiger partial charge on any atom is 0.222 e. The summed E-state index contributed by atoms with van der Waals surface area (Å²) in [4.78, 5) is 0. The first-order valence-electron chi connectivity index (χ1n) is 3.57. The van der Waals surface area contributed by atoms with Gasteiger partial charge in [0.05, 0.1) is 0 Å². The van der Waals surface area contributed by atoms with Gasteiger partial charge in [-0.15, -0.1) is 0 Å². The number of benzene rings is 1. The second-order valence-electron chi connectivity index (χ2n) is 2.75. The van der Waals surface area contributed by atoms with Crippen LogP contribution in [-0.4, -0.2) is 38.0 Å². The summed E-state index contributed by atoms with van der Waals surface area (Å²) < 4.78 is 23.0. The van der Waals surface area contributed by atoms with E-state index in [4.69, 9.17) is 0 Å². The molecule has 1 aromatic carbocycles. The molecule has 0 aromatic heterocycles. The Kier molecular flexibility index (Phi) is 5.64. The maximum atomic E-state index is 10.3. The monoisotopic (exact) mass is 208 g/mol. The van der Waals surface area contributed by atoms with Crippen LogP contribution in [0.1, 0.15) is 11.1 Å². The number of hydrogen-bond acceptors (Lipinski definition) is 2. The minimum absolute atomic E-state index is 0. The molecule has 1 radical (unpaired) electrons. The number of hydrogen-bond donors (Lipinski definition) is 2. The molecule has 1 aromatic rings. The van der Waals surface area contributed by atoms with E-state index >= 15 is 0 Å². The molecule has 0 aliphatic carbocycles. The van der Waals surface area contributed by atoms with Crippen LogP contribution in [0, 0.1) is 13.8 Å². The standard InChI is InChI=1S/C8H11NO2S.Na/c1-6-3-7(2)5-8(4-6)9-12(10)11;/h3-5,12H,1-2H3,(H,9,10,11);. The minimum atomic E-state index is -2.55. The molecule has 3 nitrogen and oxygen atoms in total. The quantitative estimate of drug-likeness (QED) is 0.559. The van der Waals surface area contributed by atoms with E-state index in [1.807, 2.05) is 19.9 Å². The zero-order chi connectivity index (χ0) is 9.14. The third-order valence-corrected chi connectivity index (χ3v) is 1.88. The predicted molar refractivity (Wildman–Crippen MR) is 55.6 cm³/mol. The van der Waals surface area contributed by atoms with Crippen LogP contribution in [0.5, 0.6) is 0 Å². The van der Waals surface area contributed by atoms with Crippen molar-refractivity contribution in [2.75, 3.05) is 4.72 Å². The van der Waals surface area contributed by atoms with Crippen LogP contribution in [0.4, 0.5) is 5.69 Å². The van der Waals surface area contributed by atoms with E-state index in [0.29, 0.717) is 5.69 Å². The largest absolute Gasteiger partial charge is 0.286 e. The summed E-state index contributed by atoms with van der Waals surface area (Å²) in [6.45, 7) is 3.85. The molecule has 0 saturated carbocycles. The van der Waals surface area contributed by atoms with Gasteiger partial charge in [0, 0.05) is 35.2 Å². The first-order valence-corrected chi connectivity index (χ1v) is 4.75. The molecular formula is C8H11NNaO2S. The first kappa shape index (κ1) is 13.0. The van der Waals surface area contributed by atoms with E-state index in [0.717, 1.165) is 11.1 Å². The van der Waals surface area contributed by atoms with Gasteiger partial charge in [-0.3, -0.25) is 4.72 Å². The van der Waals surface area contributed by atoms with Crippen molar-refractivity contribution in [3.8, 4) is 0 Å². The summed E-state index contributed by atoms with van der Waals surface area (Å²) in [6.07, 6.45) is 0. The Balaban J connectivity index is 0.00000144. The van der Waals surface area contributed by atoms with Crippen molar-refractivity contribution in [1.29, 1.82) is 0 Å². The molecule has 0 bridgehead atoms. The fraction of sp³-hybridized carbons (Fsp3) is 0.250. The van der Waals surface area contributed by atoms with Gasteiger partial charge in [0.1, 0.15) is 0 Å². The van der Waals surface area contributed by atoms with Crippen LogP contribution >= 0.6 is 0 Å². The summed E-state index contributed by atoms with van der Waals surface area (Å²) >= 11 is 0. The van der Waals surface area contributed by atoms with Crippen LogP contribution in [0.25, 0.3) is 0 Å². The van der Waals surface area contributed by atoms with Crippen LogP contribution < -0.4 is 4.72 Å². The zero-order valence-electron chi connectivity index (χ0n) is 8.00. The average Bonchev–Trinajstić information content (AvgIpc) is 1.81. The third-order valence-electron chi connectivity index (χ3n) is 1.44. The van der Waals surface area contributed by atoms with Crippen LogP contribution in [0.2, 0.25) is 0 Å². The minimum Gasteiger partial charge on any atom is -0.286 e. The number of nitrogens with one attached hydrogen (secondary N) is 1. The van der Waals surface area contributed by atoms with E-state index in [2.05, 4.69) is 4.72 Å². The van der Waals surface area contributed by atoms with Crippen molar-refractivity contribution in [3.63, 3.8) is 0 Å². The molecule has 0 heterocycles. The van der Waals surface area contributed by atoms with Gasteiger partial charge in [-0.25, -0.2) is 8.42 Å². The van der Waals surface area contributed by atoms with Gasteiger partial charge in [0.15, 0.2) is 0 Å². The fourth-order valence-electron chi connectivity index (χ4n) is 1.14. The topological polar surface area (TPSA) is 46.2 Å². The second kappa shape index (κ2) is 5.65. The molecule has 0 atom stereocenters. The van der Waals surface area contributed by atoms with Gasteiger partial charge in [0.2, 0.25) is 10.9 Å². The van der Waals surface area contributed by atoms with Crippen molar-refractivity contribution in [2.24, 2.45) is 0 Å². The molecule has 0 unspecified atom stereocenters. The Bertz CT molecular complexity index is 335. The van der Waals surface area contributed by atoms with Gasteiger partial charge < -0.3 is 0 Å². The first-order chi connectivity index (χ1) is 5.58. The zero-order valence-corrected chi connectivity index (χ0v) is 10.9. The fourth-order valence-corrected chi connectivity index (χ4v) is 1.48. The third kappa shape index (κ3) is 4.67. The number of rotatable bonds is 2. The number of thiol groups is 1. The van der Waals surface area contributed by atoms with Crippen molar-refractivity contribution in [1.82, 2.24) is 0 Å². The Morgan fingerprint density at radius 1 is 1.08 bits per heavy atom. The molecule has 0 aliphatic heterocycles. The SMILES string of the molecule is Cc1cc(C)cc(N[SH](=O)=O)c1.[Na]. The molecule has 0 spiro atoms. The van der Waals surface area contributed by atoms with E-state index in [9.17, 15) is 8.42 Å². The maximum absolute atomic E-state index is 10.3. The van der Waals surface area contributed by atoms with Crippen molar-refractivity contribution < 1.29 is 8.42 Å². The van der Waals surface area contributed by atoms with Crippen molar-refractivity contribution in [2.45, 2.75) is 13.8 Å². The number of anilines is 1. The van der Waals surface area contributed by atoms with Crippen LogP contribution in [0.15, 0.2) is 18.2 Å². The molecule has 5 heteroatoms. The Labute approximate surface area is 102 Å². The molecule has 0 amide bonds. The van der Waals surface area contributed by atoms with Crippen LogP contribution in [-0.2, 0) is 10.9 Å². The summed E-state index contributed by atoms with van der Waals surface area (Å²) in [5.74, 6) is 0. The molecule has 1 N–H and O–H groups in total. The summed E-state index contributed by atoms with van der Waals surface area (Å²) in [5, 5.41) is 0. The van der Waals surface area contributed by atoms with E-state index < -0.39 is 10.9 Å². The molecule has 0 saturated heterocycles. The van der Waals surface area contributed by atoms with Crippen LogP contribution in [0.3, 0.4) is 0 Å². The average molecular weight is 208 g/mol. The van der Waals surface area contributed by atoms with Gasteiger partial charge >= 0.3 is 0 Å². The summed E-state index contributed by atoms with van der Waals surface area (Å²) in [6, 6.07) is 5.57. The molecule has 0 aliphatic rings. The Morgan fingerprint density at radius 2 is 1.54 bits per heavy atom. The second-order valence-corrected chi connectivity index (χ2v) is 3.48. The summed E-state index contributed by atoms with van der Waals surface area (Å²) in [7, 11) is -2.55. The summed E-state index contributed by atoms with van der Waals surface area (Å²) in [5.41, 5.74) is 2.73. The van der Waals surface area contributed by atoms with Gasteiger partial charge in [0.25, 0.3) is 0 Å². The Hall–Kier alpha value is -0.0300. The molecule has 67 valence electrons. The van der Waals surface area contributed by atoms with Crippen molar-refractivity contribution >= 4 is 46.1 Å². The van der Waals surface area contributed by atoms with Gasteiger partial charge in [-0.05, 0) is 37.1 Å². The normalized spacial score (nSPS) is 9.46.